The van der Waals surface area contributed by atoms with Crippen LogP contribution in [0, 0.1) is 0 Å². The quantitative estimate of drug-likeness (QED) is 0.422. The van der Waals surface area contributed by atoms with Crippen molar-refractivity contribution in [3.05, 3.63) is 23.3 Å². The maximum Gasteiger partial charge on any atom is 0.342 e. The number of benzene rings is 1. The van der Waals surface area contributed by atoms with E-state index < -0.39 is 11.9 Å². The Morgan fingerprint density at radius 1 is 1.10 bits per heavy atom. The van der Waals surface area contributed by atoms with Crippen LogP contribution in [0.15, 0.2) is 12.1 Å². The molecule has 1 rings (SSSR count). The molecule has 0 aliphatic heterocycles. The normalized spacial score (nSPS) is 9.90. The van der Waals surface area contributed by atoms with Crippen molar-refractivity contribution < 1.29 is 28.5 Å². The second-order valence-corrected chi connectivity index (χ2v) is 4.72. The lowest BCUT2D eigenvalue weighted by Gasteiger charge is -2.14. The molecule has 0 amide bonds. The minimum Gasteiger partial charge on any atom is -0.496 e. The van der Waals surface area contributed by atoms with Crippen molar-refractivity contribution in [2.75, 3.05) is 33.3 Å². The molecule has 0 saturated carbocycles. The number of esters is 2. The third-order valence-electron chi connectivity index (χ3n) is 2.64. The Labute approximate surface area is 131 Å². The van der Waals surface area contributed by atoms with Crippen molar-refractivity contribution in [1.29, 1.82) is 0 Å². The zero-order valence-electron chi connectivity index (χ0n) is 12.1. The molecule has 1 aromatic rings. The molecule has 6 nitrogen and oxygen atoms in total. The highest BCUT2D eigenvalue weighted by atomic mass is 79.9. The van der Waals surface area contributed by atoms with Crippen LogP contribution >= 0.6 is 15.9 Å². The van der Waals surface area contributed by atoms with Gasteiger partial charge in [-0.3, -0.25) is 0 Å². The number of carbonyl (C=O) groups is 2. The van der Waals surface area contributed by atoms with Gasteiger partial charge in [0, 0.05) is 11.4 Å². The smallest absolute Gasteiger partial charge is 0.342 e. The van der Waals surface area contributed by atoms with Gasteiger partial charge in [-0.15, -0.1) is 0 Å². The molecule has 0 aliphatic carbocycles. The van der Waals surface area contributed by atoms with Gasteiger partial charge in [0.1, 0.15) is 17.1 Å². The highest BCUT2D eigenvalue weighted by molar-refractivity contribution is 9.09. The van der Waals surface area contributed by atoms with Gasteiger partial charge in [-0.25, -0.2) is 9.59 Å². The van der Waals surface area contributed by atoms with Crippen LogP contribution in [0.1, 0.15) is 27.1 Å². The predicted octanol–water partition coefficient (Wildman–Crippen LogP) is 2.43. The molecule has 0 atom stereocenters. The molecular weight excluding hydrogens is 344 g/mol. The lowest BCUT2D eigenvalue weighted by atomic mass is 10.1. The van der Waals surface area contributed by atoms with Crippen LogP contribution in [0.2, 0.25) is 0 Å². The van der Waals surface area contributed by atoms with Crippen molar-refractivity contribution in [2.24, 2.45) is 0 Å². The number of halogens is 1. The molecule has 0 heterocycles. The van der Waals surface area contributed by atoms with E-state index in [1.54, 1.807) is 0 Å². The predicted molar refractivity (Wildman–Crippen MR) is 79.6 cm³/mol. The second-order valence-electron chi connectivity index (χ2n) is 3.92. The molecular formula is C14H17BrO6. The summed E-state index contributed by atoms with van der Waals surface area (Å²) < 4.78 is 20.0. The van der Waals surface area contributed by atoms with E-state index in [9.17, 15) is 9.59 Å². The fraction of sp³-hybridized carbons (Fsp3) is 0.429. The summed E-state index contributed by atoms with van der Waals surface area (Å²) in [5.41, 5.74) is 0.0530. The molecule has 0 bridgehead atoms. The SMILES string of the molecule is COC(=O)c1cc(OCCCBr)cc(OC)c1C(=O)OC. The number of hydrogen-bond donors (Lipinski definition) is 0. The summed E-state index contributed by atoms with van der Waals surface area (Å²) in [6.07, 6.45) is 0.800. The van der Waals surface area contributed by atoms with E-state index in [1.807, 2.05) is 0 Å². The average Bonchev–Trinajstić information content (AvgIpc) is 2.52. The molecule has 116 valence electrons. The van der Waals surface area contributed by atoms with E-state index in [0.29, 0.717) is 12.4 Å². The van der Waals surface area contributed by atoms with E-state index in [4.69, 9.17) is 9.47 Å². The lowest BCUT2D eigenvalue weighted by Crippen LogP contribution is -2.14. The number of carbonyl (C=O) groups excluding carboxylic acids is 2. The number of hydrogen-bond acceptors (Lipinski definition) is 6. The molecule has 0 N–H and O–H groups in total. The van der Waals surface area contributed by atoms with Gasteiger partial charge in [0.15, 0.2) is 0 Å². The summed E-state index contributed by atoms with van der Waals surface area (Å²) in [6, 6.07) is 2.97. The van der Waals surface area contributed by atoms with Crippen molar-refractivity contribution in [3.8, 4) is 11.5 Å². The van der Waals surface area contributed by atoms with E-state index >= 15 is 0 Å². The van der Waals surface area contributed by atoms with Crippen LogP contribution in [0.5, 0.6) is 11.5 Å². The van der Waals surface area contributed by atoms with Gasteiger partial charge in [-0.2, -0.15) is 0 Å². The van der Waals surface area contributed by atoms with Crippen LogP contribution in [0.3, 0.4) is 0 Å². The van der Waals surface area contributed by atoms with Gasteiger partial charge < -0.3 is 18.9 Å². The molecule has 21 heavy (non-hydrogen) atoms. The Balaban J connectivity index is 3.28. The molecule has 0 unspecified atom stereocenters. The number of alkyl halides is 1. The van der Waals surface area contributed by atoms with Crippen LogP contribution in [0.4, 0.5) is 0 Å². The lowest BCUT2D eigenvalue weighted by molar-refractivity contribution is 0.0551. The first-order valence-corrected chi connectivity index (χ1v) is 7.28. The van der Waals surface area contributed by atoms with Crippen molar-refractivity contribution in [2.45, 2.75) is 6.42 Å². The second kappa shape index (κ2) is 8.51. The van der Waals surface area contributed by atoms with E-state index in [1.165, 1.54) is 33.5 Å². The Kier molecular flexibility index (Phi) is 7.01. The van der Waals surface area contributed by atoms with Gasteiger partial charge in [-0.05, 0) is 12.5 Å². The minimum atomic E-state index is -0.681. The van der Waals surface area contributed by atoms with Gasteiger partial charge >= 0.3 is 11.9 Å². The van der Waals surface area contributed by atoms with Crippen LogP contribution < -0.4 is 9.47 Å². The number of methoxy groups -OCH3 is 3. The highest BCUT2D eigenvalue weighted by Crippen LogP contribution is 2.30. The summed E-state index contributed by atoms with van der Waals surface area (Å²) in [4.78, 5) is 23.7. The number of rotatable bonds is 7. The summed E-state index contributed by atoms with van der Waals surface area (Å²) >= 11 is 3.30. The molecule has 1 aromatic carbocycles. The molecule has 7 heteroatoms. The summed E-state index contributed by atoms with van der Waals surface area (Å²) in [5, 5.41) is 0.800. The summed E-state index contributed by atoms with van der Waals surface area (Å²) in [5.74, 6) is -0.738. The standard InChI is InChI=1S/C14H17BrO6/c1-18-11-8-9(21-6-4-5-15)7-10(13(16)19-2)12(11)14(17)20-3/h7-8H,4-6H2,1-3H3. The first kappa shape index (κ1) is 17.3. The minimum absolute atomic E-state index is 0.0136. The Bertz CT molecular complexity index is 514. The maximum absolute atomic E-state index is 11.9. The summed E-state index contributed by atoms with van der Waals surface area (Å²) in [7, 11) is 3.85. The fourth-order valence-electron chi connectivity index (χ4n) is 1.66. The fourth-order valence-corrected chi connectivity index (χ4v) is 1.89. The van der Waals surface area contributed by atoms with Gasteiger partial charge in [0.2, 0.25) is 0 Å². The van der Waals surface area contributed by atoms with Gasteiger partial charge in [-0.1, -0.05) is 15.9 Å². The molecule has 0 aromatic heterocycles. The Morgan fingerprint density at radius 3 is 2.29 bits per heavy atom. The van der Waals surface area contributed by atoms with Crippen LogP contribution in [-0.2, 0) is 9.47 Å². The molecule has 0 spiro atoms. The zero-order chi connectivity index (χ0) is 15.8. The average molecular weight is 361 g/mol. The van der Waals surface area contributed by atoms with Crippen LogP contribution in [-0.4, -0.2) is 45.2 Å². The largest absolute Gasteiger partial charge is 0.496 e. The topological polar surface area (TPSA) is 71.1 Å². The van der Waals surface area contributed by atoms with Crippen molar-refractivity contribution in [3.63, 3.8) is 0 Å². The first-order chi connectivity index (χ1) is 10.1. The summed E-state index contributed by atoms with van der Waals surface area (Å²) in [6.45, 7) is 0.465. The van der Waals surface area contributed by atoms with E-state index in [0.717, 1.165) is 11.8 Å². The molecule has 0 aliphatic rings. The molecule has 0 fully saturated rings. The van der Waals surface area contributed by atoms with Crippen molar-refractivity contribution >= 4 is 27.9 Å². The first-order valence-electron chi connectivity index (χ1n) is 6.16. The molecule has 0 saturated heterocycles. The Morgan fingerprint density at radius 2 is 1.76 bits per heavy atom. The van der Waals surface area contributed by atoms with E-state index in [-0.39, 0.29) is 16.9 Å². The maximum atomic E-state index is 11.9. The monoisotopic (exact) mass is 360 g/mol. The third kappa shape index (κ3) is 4.35. The zero-order valence-corrected chi connectivity index (χ0v) is 13.7. The van der Waals surface area contributed by atoms with Crippen molar-refractivity contribution in [1.82, 2.24) is 0 Å². The van der Waals surface area contributed by atoms with E-state index in [2.05, 4.69) is 25.4 Å². The van der Waals surface area contributed by atoms with Crippen LogP contribution in [0.25, 0.3) is 0 Å². The number of ether oxygens (including phenoxy) is 4. The molecule has 0 radical (unpaired) electrons. The third-order valence-corrected chi connectivity index (χ3v) is 3.20. The Hall–Kier alpha value is -1.76. The van der Waals surface area contributed by atoms with Gasteiger partial charge in [0.25, 0.3) is 0 Å². The van der Waals surface area contributed by atoms with Gasteiger partial charge in [0.05, 0.1) is 33.5 Å². The highest BCUT2D eigenvalue weighted by Gasteiger charge is 2.25.